The number of amidine groups is 1. The minimum absolute atomic E-state index is 0.00525. The molecule has 2 aromatic carbocycles. The zero-order valence-electron chi connectivity index (χ0n) is 13.8. The molecule has 0 aliphatic heterocycles. The lowest BCUT2D eigenvalue weighted by atomic mass is 10.2. The molecule has 9 heteroatoms. The second-order valence-corrected chi connectivity index (χ2v) is 6.25. The summed E-state index contributed by atoms with van der Waals surface area (Å²) in [6, 6.07) is 13.5. The van der Waals surface area contributed by atoms with Crippen molar-refractivity contribution >= 4 is 44.8 Å². The van der Waals surface area contributed by atoms with Gasteiger partial charge in [-0.3, -0.25) is 5.41 Å². The van der Waals surface area contributed by atoms with E-state index in [4.69, 9.17) is 9.83 Å². The maximum Gasteiger partial charge on any atom is 0.197 e. The SMILES string of the molecule is N=C(Nc1ccccc1)Nc1cocc1/C(=N/O)Nc1ccc(F)c(Br)c1. The molecular formula is C18H15BrFN5O2. The van der Waals surface area contributed by atoms with Crippen molar-refractivity contribution in [3.8, 4) is 0 Å². The summed E-state index contributed by atoms with van der Waals surface area (Å²) in [5, 5.41) is 29.2. The van der Waals surface area contributed by atoms with Crippen LogP contribution in [0, 0.1) is 11.2 Å². The Hall–Kier alpha value is -3.33. The van der Waals surface area contributed by atoms with Crippen molar-refractivity contribution in [1.29, 1.82) is 5.41 Å². The summed E-state index contributed by atoms with van der Waals surface area (Å²) in [6.45, 7) is 0. The fraction of sp³-hybridized carbons (Fsp3) is 0. The topological polar surface area (TPSA) is 106 Å². The Bertz CT molecular complexity index is 975. The quantitative estimate of drug-likeness (QED) is 0.175. The minimum atomic E-state index is -0.408. The van der Waals surface area contributed by atoms with E-state index in [2.05, 4.69) is 37.0 Å². The molecule has 27 heavy (non-hydrogen) atoms. The van der Waals surface area contributed by atoms with E-state index >= 15 is 0 Å². The molecule has 138 valence electrons. The second kappa shape index (κ2) is 8.37. The third-order valence-corrected chi connectivity index (χ3v) is 4.11. The van der Waals surface area contributed by atoms with Crippen molar-refractivity contribution < 1.29 is 14.0 Å². The average Bonchev–Trinajstić information content (AvgIpc) is 3.11. The van der Waals surface area contributed by atoms with Crippen LogP contribution in [-0.2, 0) is 0 Å². The van der Waals surface area contributed by atoms with Crippen LogP contribution in [0.4, 0.5) is 21.5 Å². The highest BCUT2D eigenvalue weighted by atomic mass is 79.9. The van der Waals surface area contributed by atoms with E-state index in [1.807, 2.05) is 30.3 Å². The van der Waals surface area contributed by atoms with E-state index in [-0.39, 0.29) is 16.3 Å². The first-order valence-corrected chi connectivity index (χ1v) is 8.54. The molecule has 0 aliphatic rings. The zero-order valence-corrected chi connectivity index (χ0v) is 15.4. The summed E-state index contributed by atoms with van der Waals surface area (Å²) in [5.74, 6) is -0.336. The highest BCUT2D eigenvalue weighted by Gasteiger charge is 2.15. The van der Waals surface area contributed by atoms with Crippen molar-refractivity contribution in [2.75, 3.05) is 16.0 Å². The van der Waals surface area contributed by atoms with Gasteiger partial charge in [0.05, 0.1) is 15.7 Å². The van der Waals surface area contributed by atoms with Gasteiger partial charge < -0.3 is 25.6 Å². The predicted molar refractivity (Wildman–Crippen MR) is 106 cm³/mol. The summed E-state index contributed by atoms with van der Waals surface area (Å²) < 4.78 is 18.8. The van der Waals surface area contributed by atoms with Crippen LogP contribution in [0.5, 0.6) is 0 Å². The van der Waals surface area contributed by atoms with E-state index < -0.39 is 5.82 Å². The van der Waals surface area contributed by atoms with Crippen molar-refractivity contribution in [2.45, 2.75) is 0 Å². The number of benzene rings is 2. The molecule has 0 amide bonds. The standard InChI is InChI=1S/C18H15BrFN5O2/c19-14-8-12(6-7-15(14)20)22-17(25-26)13-9-27-10-16(13)24-18(21)23-11-4-2-1-3-5-11/h1-10,26H,(H,22,25)(H3,21,23,24). The number of nitrogens with zero attached hydrogens (tertiary/aromatic N) is 1. The van der Waals surface area contributed by atoms with Crippen molar-refractivity contribution in [1.82, 2.24) is 0 Å². The van der Waals surface area contributed by atoms with Crippen molar-refractivity contribution in [2.24, 2.45) is 5.16 Å². The van der Waals surface area contributed by atoms with Gasteiger partial charge >= 0.3 is 0 Å². The fourth-order valence-electron chi connectivity index (χ4n) is 2.27. The number of anilines is 3. The van der Waals surface area contributed by atoms with E-state index in [0.717, 1.165) is 5.69 Å². The highest BCUT2D eigenvalue weighted by molar-refractivity contribution is 9.10. The van der Waals surface area contributed by atoms with Gasteiger partial charge in [0, 0.05) is 11.4 Å². The summed E-state index contributed by atoms with van der Waals surface area (Å²) in [6.07, 6.45) is 2.74. The molecule has 0 saturated heterocycles. The highest BCUT2D eigenvalue weighted by Crippen LogP contribution is 2.23. The smallest absolute Gasteiger partial charge is 0.197 e. The van der Waals surface area contributed by atoms with Gasteiger partial charge in [0.25, 0.3) is 0 Å². The lowest BCUT2D eigenvalue weighted by Crippen LogP contribution is -2.22. The minimum Gasteiger partial charge on any atom is -0.470 e. The summed E-state index contributed by atoms with van der Waals surface area (Å²) in [7, 11) is 0. The second-order valence-electron chi connectivity index (χ2n) is 5.39. The molecule has 7 nitrogen and oxygen atoms in total. The lowest BCUT2D eigenvalue weighted by Gasteiger charge is -2.12. The van der Waals surface area contributed by atoms with Crippen LogP contribution >= 0.6 is 15.9 Å². The molecule has 0 spiro atoms. The molecule has 0 fully saturated rings. The molecule has 1 heterocycles. The molecule has 5 N–H and O–H groups in total. The predicted octanol–water partition coefficient (Wildman–Crippen LogP) is 4.89. The number of rotatable bonds is 4. The summed E-state index contributed by atoms with van der Waals surface area (Å²) >= 11 is 3.10. The normalized spacial score (nSPS) is 11.1. The van der Waals surface area contributed by atoms with E-state index in [1.54, 1.807) is 0 Å². The molecule has 0 unspecified atom stereocenters. The van der Waals surface area contributed by atoms with Gasteiger partial charge in [0.2, 0.25) is 0 Å². The molecule has 0 aliphatic carbocycles. The number of hydrogen-bond donors (Lipinski definition) is 5. The van der Waals surface area contributed by atoms with Gasteiger partial charge in [-0.15, -0.1) is 0 Å². The first-order chi connectivity index (χ1) is 13.1. The zero-order chi connectivity index (χ0) is 19.2. The van der Waals surface area contributed by atoms with Gasteiger partial charge in [-0.25, -0.2) is 4.39 Å². The third kappa shape index (κ3) is 4.64. The number of guanidine groups is 1. The van der Waals surface area contributed by atoms with Crippen LogP contribution in [0.15, 0.2) is 75.1 Å². The molecule has 1 aromatic heterocycles. The number of oxime groups is 1. The Kier molecular flexibility index (Phi) is 5.72. The third-order valence-electron chi connectivity index (χ3n) is 3.50. The largest absolute Gasteiger partial charge is 0.470 e. The molecule has 0 radical (unpaired) electrons. The van der Waals surface area contributed by atoms with Crippen LogP contribution in [0.2, 0.25) is 0 Å². The number of para-hydroxylation sites is 1. The Balaban J connectivity index is 1.74. The number of halogens is 2. The Morgan fingerprint density at radius 2 is 1.81 bits per heavy atom. The summed E-state index contributed by atoms with van der Waals surface area (Å²) in [5.41, 5.74) is 2.04. The van der Waals surface area contributed by atoms with Gasteiger partial charge in [0.1, 0.15) is 18.3 Å². The Morgan fingerprint density at radius 1 is 1.04 bits per heavy atom. The maximum atomic E-state index is 13.4. The van der Waals surface area contributed by atoms with E-state index in [1.165, 1.54) is 30.7 Å². The first kappa shape index (κ1) is 18.5. The number of furan rings is 1. The molecule has 3 aromatic rings. The van der Waals surface area contributed by atoms with Crippen LogP contribution < -0.4 is 16.0 Å². The van der Waals surface area contributed by atoms with Gasteiger partial charge in [0.15, 0.2) is 11.8 Å². The lowest BCUT2D eigenvalue weighted by molar-refractivity contribution is 0.319. The number of hydrogen-bond acceptors (Lipinski definition) is 4. The molecule has 0 saturated carbocycles. The Morgan fingerprint density at radius 3 is 2.52 bits per heavy atom. The van der Waals surface area contributed by atoms with Crippen LogP contribution in [-0.4, -0.2) is 17.0 Å². The molecule has 0 bridgehead atoms. The fourth-order valence-corrected chi connectivity index (χ4v) is 2.64. The van der Waals surface area contributed by atoms with Crippen molar-refractivity contribution in [3.63, 3.8) is 0 Å². The maximum absolute atomic E-state index is 13.4. The average molecular weight is 432 g/mol. The van der Waals surface area contributed by atoms with E-state index in [9.17, 15) is 9.60 Å². The van der Waals surface area contributed by atoms with Gasteiger partial charge in [-0.2, -0.15) is 0 Å². The number of nitrogens with one attached hydrogen (secondary N) is 4. The van der Waals surface area contributed by atoms with Crippen LogP contribution in [0.3, 0.4) is 0 Å². The van der Waals surface area contributed by atoms with Crippen LogP contribution in [0.25, 0.3) is 0 Å². The first-order valence-electron chi connectivity index (χ1n) is 7.75. The monoisotopic (exact) mass is 431 g/mol. The molecule has 0 atom stereocenters. The van der Waals surface area contributed by atoms with Crippen LogP contribution in [0.1, 0.15) is 5.56 Å². The van der Waals surface area contributed by atoms with E-state index in [0.29, 0.717) is 16.9 Å². The molecular weight excluding hydrogens is 417 g/mol. The van der Waals surface area contributed by atoms with Gasteiger partial charge in [-0.1, -0.05) is 23.4 Å². The Labute approximate surface area is 162 Å². The van der Waals surface area contributed by atoms with Crippen molar-refractivity contribution in [3.05, 3.63) is 76.9 Å². The van der Waals surface area contributed by atoms with Gasteiger partial charge in [-0.05, 0) is 46.3 Å². The summed E-state index contributed by atoms with van der Waals surface area (Å²) in [4.78, 5) is 0. The molecule has 3 rings (SSSR count).